The Morgan fingerprint density at radius 3 is 3.00 bits per heavy atom. The molecule has 3 nitrogen and oxygen atoms in total. The van der Waals surface area contributed by atoms with Gasteiger partial charge in [-0.3, -0.25) is 4.79 Å². The van der Waals surface area contributed by atoms with E-state index in [1.807, 2.05) is 0 Å². The number of aromatic nitrogens is 1. The van der Waals surface area contributed by atoms with Crippen LogP contribution < -0.4 is 5.73 Å². The van der Waals surface area contributed by atoms with Crippen LogP contribution in [0, 0.1) is 5.95 Å². The van der Waals surface area contributed by atoms with Gasteiger partial charge in [-0.05, 0) is 18.2 Å². The molecule has 62 valence electrons. The largest absolute Gasteiger partial charge is 0.366 e. The highest BCUT2D eigenvalue weighted by atomic mass is 19.1. The summed E-state index contributed by atoms with van der Waals surface area (Å²) in [5.41, 5.74) is 5.07. The Hall–Kier alpha value is -1.71. The van der Waals surface area contributed by atoms with Crippen molar-refractivity contribution < 1.29 is 9.18 Å². The van der Waals surface area contributed by atoms with Crippen LogP contribution in [-0.2, 0) is 4.79 Å². The first-order valence-electron chi connectivity index (χ1n) is 3.28. The van der Waals surface area contributed by atoms with E-state index in [1.165, 1.54) is 18.3 Å². The molecular formula is C8H7FN2O. The third-order valence-electron chi connectivity index (χ3n) is 1.22. The number of halogens is 1. The average molecular weight is 166 g/mol. The van der Waals surface area contributed by atoms with Gasteiger partial charge in [0.1, 0.15) is 0 Å². The van der Waals surface area contributed by atoms with Crippen molar-refractivity contribution in [2.75, 3.05) is 0 Å². The van der Waals surface area contributed by atoms with Gasteiger partial charge in [0.2, 0.25) is 11.9 Å². The van der Waals surface area contributed by atoms with E-state index in [4.69, 9.17) is 5.73 Å². The van der Waals surface area contributed by atoms with E-state index in [2.05, 4.69) is 4.98 Å². The van der Waals surface area contributed by atoms with Crippen LogP contribution in [0.2, 0.25) is 0 Å². The van der Waals surface area contributed by atoms with Crippen LogP contribution in [0.25, 0.3) is 6.08 Å². The van der Waals surface area contributed by atoms with Crippen molar-refractivity contribution >= 4 is 12.0 Å². The third kappa shape index (κ3) is 2.16. The molecule has 1 rings (SSSR count). The maximum atomic E-state index is 12.7. The summed E-state index contributed by atoms with van der Waals surface area (Å²) in [4.78, 5) is 13.7. The van der Waals surface area contributed by atoms with Crippen molar-refractivity contribution in [3.63, 3.8) is 0 Å². The maximum absolute atomic E-state index is 12.7. The number of primary amides is 1. The Morgan fingerprint density at radius 1 is 1.67 bits per heavy atom. The van der Waals surface area contributed by atoms with Gasteiger partial charge in [-0.1, -0.05) is 0 Å². The lowest BCUT2D eigenvalue weighted by Crippen LogP contribution is -2.05. The van der Waals surface area contributed by atoms with E-state index in [0.29, 0.717) is 0 Å². The summed E-state index contributed by atoms with van der Waals surface area (Å²) < 4.78 is 12.7. The lowest BCUT2D eigenvalue weighted by molar-refractivity contribution is -0.113. The molecule has 0 unspecified atom stereocenters. The first-order chi connectivity index (χ1) is 5.70. The Labute approximate surface area is 68.7 Å². The van der Waals surface area contributed by atoms with Crippen molar-refractivity contribution in [1.29, 1.82) is 0 Å². The molecule has 12 heavy (non-hydrogen) atoms. The smallest absolute Gasteiger partial charge is 0.241 e. The monoisotopic (exact) mass is 166 g/mol. The number of rotatable bonds is 2. The SMILES string of the molecule is NC(=O)/C=C/c1cccnc1F. The van der Waals surface area contributed by atoms with E-state index in [-0.39, 0.29) is 5.56 Å². The van der Waals surface area contributed by atoms with Crippen LogP contribution in [-0.4, -0.2) is 10.9 Å². The van der Waals surface area contributed by atoms with Crippen molar-refractivity contribution in [1.82, 2.24) is 4.98 Å². The molecule has 0 saturated carbocycles. The van der Waals surface area contributed by atoms with Gasteiger partial charge in [0.25, 0.3) is 0 Å². The number of nitrogens with zero attached hydrogens (tertiary/aromatic N) is 1. The number of carbonyl (C=O) groups is 1. The zero-order valence-corrected chi connectivity index (χ0v) is 6.20. The normalized spacial score (nSPS) is 10.4. The van der Waals surface area contributed by atoms with Crippen LogP contribution in [0.15, 0.2) is 24.4 Å². The minimum atomic E-state index is -0.616. The molecule has 0 atom stereocenters. The molecule has 1 heterocycles. The fraction of sp³-hybridized carbons (Fsp3) is 0. The van der Waals surface area contributed by atoms with Crippen LogP contribution in [0.5, 0.6) is 0 Å². The van der Waals surface area contributed by atoms with E-state index in [0.717, 1.165) is 6.08 Å². The average Bonchev–Trinajstić information content (AvgIpc) is 2.03. The van der Waals surface area contributed by atoms with Gasteiger partial charge in [0.15, 0.2) is 0 Å². The Bertz CT molecular complexity index is 323. The van der Waals surface area contributed by atoms with Crippen LogP contribution >= 0.6 is 0 Å². The summed E-state index contributed by atoms with van der Waals surface area (Å²) in [6.45, 7) is 0. The van der Waals surface area contributed by atoms with Crippen LogP contribution in [0.3, 0.4) is 0 Å². The van der Waals surface area contributed by atoms with Crippen molar-refractivity contribution in [2.45, 2.75) is 0 Å². The van der Waals surface area contributed by atoms with Gasteiger partial charge in [0.05, 0.1) is 0 Å². The quantitative estimate of drug-likeness (QED) is 0.519. The Kier molecular flexibility index (Phi) is 2.53. The van der Waals surface area contributed by atoms with Crippen LogP contribution in [0.4, 0.5) is 4.39 Å². The fourth-order valence-corrected chi connectivity index (χ4v) is 0.695. The van der Waals surface area contributed by atoms with Crippen molar-refractivity contribution in [3.05, 3.63) is 35.9 Å². The van der Waals surface area contributed by atoms with Gasteiger partial charge < -0.3 is 5.73 Å². The third-order valence-corrected chi connectivity index (χ3v) is 1.22. The highest BCUT2D eigenvalue weighted by Crippen LogP contribution is 2.04. The van der Waals surface area contributed by atoms with Crippen LogP contribution in [0.1, 0.15) is 5.56 Å². The highest BCUT2D eigenvalue weighted by molar-refractivity contribution is 5.90. The number of amides is 1. The topological polar surface area (TPSA) is 56.0 Å². The molecule has 0 saturated heterocycles. The summed E-state index contributed by atoms with van der Waals surface area (Å²) in [6, 6.07) is 3.07. The number of nitrogens with two attached hydrogens (primary N) is 1. The second-order valence-electron chi connectivity index (χ2n) is 2.12. The van der Waals surface area contributed by atoms with E-state index in [1.54, 1.807) is 6.07 Å². The second-order valence-corrected chi connectivity index (χ2v) is 2.12. The highest BCUT2D eigenvalue weighted by Gasteiger charge is 1.96. The van der Waals surface area contributed by atoms with Gasteiger partial charge in [-0.15, -0.1) is 0 Å². The second kappa shape index (κ2) is 3.61. The molecule has 0 bridgehead atoms. The van der Waals surface area contributed by atoms with Gasteiger partial charge >= 0.3 is 0 Å². The summed E-state index contributed by atoms with van der Waals surface area (Å²) in [7, 11) is 0. The van der Waals surface area contributed by atoms with Crippen molar-refractivity contribution in [2.24, 2.45) is 5.73 Å². The molecule has 0 aromatic carbocycles. The van der Waals surface area contributed by atoms with Gasteiger partial charge in [-0.2, -0.15) is 4.39 Å². The molecule has 0 fully saturated rings. The van der Waals surface area contributed by atoms with E-state index < -0.39 is 11.9 Å². The number of hydrogen-bond donors (Lipinski definition) is 1. The molecule has 4 heteroatoms. The van der Waals surface area contributed by atoms with Crippen molar-refractivity contribution in [3.8, 4) is 0 Å². The molecule has 0 aliphatic heterocycles. The molecule has 0 aliphatic carbocycles. The Balaban J connectivity index is 2.89. The van der Waals surface area contributed by atoms with E-state index >= 15 is 0 Å². The van der Waals surface area contributed by atoms with E-state index in [9.17, 15) is 9.18 Å². The molecule has 0 aliphatic rings. The summed E-state index contributed by atoms with van der Waals surface area (Å²) in [5, 5.41) is 0. The Morgan fingerprint density at radius 2 is 2.42 bits per heavy atom. The zero-order valence-electron chi connectivity index (χ0n) is 6.20. The summed E-state index contributed by atoms with van der Waals surface area (Å²) >= 11 is 0. The molecule has 1 amide bonds. The minimum absolute atomic E-state index is 0.247. The maximum Gasteiger partial charge on any atom is 0.241 e. The number of hydrogen-bond acceptors (Lipinski definition) is 2. The molecule has 0 spiro atoms. The molecule has 1 aromatic heterocycles. The molecule has 1 aromatic rings. The lowest BCUT2D eigenvalue weighted by atomic mass is 10.2. The first-order valence-corrected chi connectivity index (χ1v) is 3.28. The van der Waals surface area contributed by atoms with Gasteiger partial charge in [0, 0.05) is 17.8 Å². The van der Waals surface area contributed by atoms with Gasteiger partial charge in [-0.25, -0.2) is 4.98 Å². The standard InChI is InChI=1S/C8H7FN2O/c9-8-6(2-1-5-11-8)3-4-7(10)12/h1-5H,(H2,10,12)/b4-3+. The molecule has 2 N–H and O–H groups in total. The first kappa shape index (κ1) is 8.39. The summed E-state index contributed by atoms with van der Waals surface area (Å²) in [5.74, 6) is -1.23. The predicted octanol–water partition coefficient (Wildman–Crippen LogP) is 0.719. The number of pyridine rings is 1. The lowest BCUT2D eigenvalue weighted by Gasteiger charge is -1.92. The predicted molar refractivity (Wildman–Crippen MR) is 42.4 cm³/mol. The summed E-state index contributed by atoms with van der Waals surface area (Å²) in [6.07, 6.45) is 3.70. The zero-order chi connectivity index (χ0) is 8.97. The number of carbonyl (C=O) groups excluding carboxylic acids is 1. The molecule has 0 radical (unpaired) electrons. The fourth-order valence-electron chi connectivity index (χ4n) is 0.695. The molecular weight excluding hydrogens is 159 g/mol. The minimum Gasteiger partial charge on any atom is -0.366 e.